The third-order valence-corrected chi connectivity index (χ3v) is 5.52. The van der Waals surface area contributed by atoms with Crippen molar-refractivity contribution in [1.82, 2.24) is 9.66 Å². The monoisotopic (exact) mass is 490 g/mol. The molecular weight excluding hydrogens is 472 g/mol. The van der Waals surface area contributed by atoms with E-state index in [2.05, 4.69) is 10.1 Å². The van der Waals surface area contributed by atoms with Gasteiger partial charge in [-0.2, -0.15) is 9.78 Å². The maximum Gasteiger partial charge on any atom is 0.343 e. The van der Waals surface area contributed by atoms with Crippen molar-refractivity contribution in [3.05, 3.63) is 135 Å². The van der Waals surface area contributed by atoms with Crippen LogP contribution in [-0.2, 0) is 0 Å². The minimum Gasteiger partial charge on any atom is -0.415 e. The maximum atomic E-state index is 13.4. The Kier molecular flexibility index (Phi) is 6.33. The molecule has 0 saturated heterocycles. The number of esters is 1. The number of para-hydroxylation sites is 2. The van der Waals surface area contributed by atoms with Crippen LogP contribution in [0.4, 0.5) is 5.69 Å². The van der Waals surface area contributed by atoms with Crippen LogP contribution >= 0.6 is 0 Å². The van der Waals surface area contributed by atoms with Gasteiger partial charge >= 0.3 is 11.7 Å². The largest absolute Gasteiger partial charge is 0.415 e. The molecule has 1 heterocycles. The molecular formula is C28H18N4O5. The minimum atomic E-state index is -0.765. The van der Waals surface area contributed by atoms with Crippen molar-refractivity contribution in [2.45, 2.75) is 0 Å². The number of carbonyl (C=O) groups is 1. The highest BCUT2D eigenvalue weighted by molar-refractivity contribution is 5.94. The van der Waals surface area contributed by atoms with Gasteiger partial charge in [-0.05, 0) is 30.3 Å². The van der Waals surface area contributed by atoms with Crippen molar-refractivity contribution < 1.29 is 14.5 Å². The Morgan fingerprint density at radius 1 is 0.892 bits per heavy atom. The molecule has 5 rings (SSSR count). The summed E-state index contributed by atoms with van der Waals surface area (Å²) in [5.41, 5.74) is 0.680. The van der Waals surface area contributed by atoms with Gasteiger partial charge in [0.05, 0.1) is 27.6 Å². The smallest absolute Gasteiger partial charge is 0.343 e. The molecule has 4 aromatic carbocycles. The highest BCUT2D eigenvalue weighted by Gasteiger charge is 2.22. The van der Waals surface area contributed by atoms with Crippen molar-refractivity contribution in [2.24, 2.45) is 5.10 Å². The molecule has 0 fully saturated rings. The summed E-state index contributed by atoms with van der Waals surface area (Å²) < 4.78 is 6.58. The van der Waals surface area contributed by atoms with Crippen LogP contribution < -0.4 is 10.3 Å². The second kappa shape index (κ2) is 10.0. The Labute approximate surface area is 210 Å². The van der Waals surface area contributed by atoms with Gasteiger partial charge < -0.3 is 4.74 Å². The lowest BCUT2D eigenvalue weighted by molar-refractivity contribution is -0.385. The van der Waals surface area contributed by atoms with Gasteiger partial charge in [0.2, 0.25) is 5.75 Å². The SMILES string of the molecule is O=C(Oc1c(C=Nn2c(-c3ccccc3)nc3ccccc3c2=O)cccc1[N+](=O)[O-])c1ccccc1. The predicted molar refractivity (Wildman–Crippen MR) is 139 cm³/mol. The van der Waals surface area contributed by atoms with E-state index in [9.17, 15) is 19.7 Å². The number of nitrogens with zero attached hydrogens (tertiary/aromatic N) is 4. The van der Waals surface area contributed by atoms with Crippen molar-refractivity contribution in [2.75, 3.05) is 0 Å². The van der Waals surface area contributed by atoms with E-state index in [0.29, 0.717) is 16.5 Å². The van der Waals surface area contributed by atoms with Gasteiger partial charge in [-0.15, -0.1) is 0 Å². The van der Waals surface area contributed by atoms with Crippen molar-refractivity contribution in [3.8, 4) is 17.1 Å². The average molecular weight is 490 g/mol. The number of hydrogen-bond donors (Lipinski definition) is 0. The highest BCUT2D eigenvalue weighted by atomic mass is 16.6. The first kappa shape index (κ1) is 23.3. The number of nitro groups is 1. The van der Waals surface area contributed by atoms with Crippen LogP contribution in [0, 0.1) is 10.1 Å². The molecule has 0 aliphatic carbocycles. The first-order chi connectivity index (χ1) is 18.0. The maximum absolute atomic E-state index is 13.4. The van der Waals surface area contributed by atoms with Gasteiger partial charge in [0, 0.05) is 17.2 Å². The van der Waals surface area contributed by atoms with E-state index in [4.69, 9.17) is 4.74 Å². The molecule has 0 aliphatic heterocycles. The zero-order valence-electron chi connectivity index (χ0n) is 19.2. The highest BCUT2D eigenvalue weighted by Crippen LogP contribution is 2.31. The molecule has 0 amide bonds. The Balaban J connectivity index is 1.64. The summed E-state index contributed by atoms with van der Waals surface area (Å²) >= 11 is 0. The summed E-state index contributed by atoms with van der Waals surface area (Å²) in [5, 5.41) is 16.4. The first-order valence-electron chi connectivity index (χ1n) is 11.2. The van der Waals surface area contributed by atoms with Crippen LogP contribution in [0.3, 0.4) is 0 Å². The Morgan fingerprint density at radius 2 is 1.57 bits per heavy atom. The molecule has 0 bridgehead atoms. The number of fused-ring (bicyclic) bond motifs is 1. The summed E-state index contributed by atoms with van der Waals surface area (Å²) in [6.07, 6.45) is 1.24. The van der Waals surface area contributed by atoms with E-state index >= 15 is 0 Å². The van der Waals surface area contributed by atoms with Gasteiger partial charge in [-0.3, -0.25) is 14.9 Å². The number of aromatic nitrogens is 2. The molecule has 9 nitrogen and oxygen atoms in total. The van der Waals surface area contributed by atoms with Crippen molar-refractivity contribution in [3.63, 3.8) is 0 Å². The molecule has 0 N–H and O–H groups in total. The number of rotatable bonds is 6. The van der Waals surface area contributed by atoms with Crippen LogP contribution in [0.1, 0.15) is 15.9 Å². The topological polar surface area (TPSA) is 117 Å². The van der Waals surface area contributed by atoms with E-state index in [-0.39, 0.29) is 22.7 Å². The van der Waals surface area contributed by atoms with E-state index in [0.717, 1.165) is 4.68 Å². The lowest BCUT2D eigenvalue weighted by atomic mass is 10.1. The third kappa shape index (κ3) is 4.73. The molecule has 0 spiro atoms. The van der Waals surface area contributed by atoms with Gasteiger partial charge in [0.25, 0.3) is 5.56 Å². The zero-order valence-corrected chi connectivity index (χ0v) is 19.2. The van der Waals surface area contributed by atoms with Crippen LogP contribution in [0.15, 0.2) is 113 Å². The number of hydrogen-bond acceptors (Lipinski definition) is 7. The fourth-order valence-electron chi connectivity index (χ4n) is 3.75. The molecule has 180 valence electrons. The number of ether oxygens (including phenoxy) is 1. The molecule has 0 radical (unpaired) electrons. The quantitative estimate of drug-likeness (QED) is 0.108. The number of benzene rings is 4. The minimum absolute atomic E-state index is 0.137. The standard InChI is InChI=1S/C28H18N4O5/c33-27-22-15-7-8-16-23(22)30-26(19-10-3-1-4-11-19)31(27)29-18-21-14-9-17-24(32(35)36)25(21)37-28(34)20-12-5-2-6-13-20/h1-18H. The van der Waals surface area contributed by atoms with Crippen LogP contribution in [0.5, 0.6) is 5.75 Å². The van der Waals surface area contributed by atoms with Gasteiger partial charge in [-0.25, -0.2) is 9.78 Å². The Morgan fingerprint density at radius 3 is 2.30 bits per heavy atom. The normalized spacial score (nSPS) is 11.0. The first-order valence-corrected chi connectivity index (χ1v) is 11.2. The van der Waals surface area contributed by atoms with Crippen LogP contribution in [0.2, 0.25) is 0 Å². The van der Waals surface area contributed by atoms with Crippen molar-refractivity contribution >= 4 is 28.8 Å². The molecule has 9 heteroatoms. The van der Waals surface area contributed by atoms with Gasteiger partial charge in [-0.1, -0.05) is 66.7 Å². The molecule has 0 unspecified atom stereocenters. The Bertz CT molecular complexity index is 1710. The van der Waals surface area contributed by atoms with Crippen LogP contribution in [0.25, 0.3) is 22.3 Å². The summed E-state index contributed by atoms with van der Waals surface area (Å²) in [4.78, 5) is 41.8. The summed E-state index contributed by atoms with van der Waals surface area (Å²) in [7, 11) is 0. The molecule has 1 aromatic heterocycles. The second-order valence-electron chi connectivity index (χ2n) is 7.89. The second-order valence-corrected chi connectivity index (χ2v) is 7.89. The molecule has 5 aromatic rings. The lowest BCUT2D eigenvalue weighted by Gasteiger charge is -2.10. The average Bonchev–Trinajstić information content (AvgIpc) is 2.94. The van der Waals surface area contributed by atoms with E-state index in [1.54, 1.807) is 54.6 Å². The molecule has 0 atom stereocenters. The van der Waals surface area contributed by atoms with E-state index in [1.165, 1.54) is 36.5 Å². The summed E-state index contributed by atoms with van der Waals surface area (Å²) in [6, 6.07) is 28.2. The predicted octanol–water partition coefficient (Wildman–Crippen LogP) is 5.07. The number of carbonyl (C=O) groups excluding carboxylic acids is 1. The summed E-state index contributed by atoms with van der Waals surface area (Å²) in [5.74, 6) is -0.763. The lowest BCUT2D eigenvalue weighted by Crippen LogP contribution is -2.20. The van der Waals surface area contributed by atoms with Crippen molar-refractivity contribution in [1.29, 1.82) is 0 Å². The Hall–Kier alpha value is -5.44. The van der Waals surface area contributed by atoms with Crippen LogP contribution in [-0.4, -0.2) is 26.8 Å². The van der Waals surface area contributed by atoms with Gasteiger partial charge in [0.15, 0.2) is 5.82 Å². The summed E-state index contributed by atoms with van der Waals surface area (Å²) in [6.45, 7) is 0. The molecule has 37 heavy (non-hydrogen) atoms. The fraction of sp³-hybridized carbons (Fsp3) is 0. The fourth-order valence-corrected chi connectivity index (χ4v) is 3.75. The molecule has 0 aliphatic rings. The van der Waals surface area contributed by atoms with E-state index in [1.807, 2.05) is 18.2 Å². The van der Waals surface area contributed by atoms with E-state index < -0.39 is 22.1 Å². The van der Waals surface area contributed by atoms with Gasteiger partial charge in [0.1, 0.15) is 0 Å². The third-order valence-electron chi connectivity index (χ3n) is 5.52. The zero-order chi connectivity index (χ0) is 25.8. The molecule has 0 saturated carbocycles. The number of nitro benzene ring substituents is 1.